The zero-order valence-electron chi connectivity index (χ0n) is 13.0. The molecule has 0 saturated heterocycles. The number of aliphatic carboxylic acids is 1. The molecule has 4 atom stereocenters. The van der Waals surface area contributed by atoms with E-state index >= 15 is 0 Å². The molecule has 4 rings (SSSR count). The molecule has 0 aromatic heterocycles. The maximum atomic E-state index is 11.6. The molecule has 0 aromatic carbocycles. The Hall–Kier alpha value is -0.570. The smallest absolute Gasteiger partial charge is 0.308 e. The third kappa shape index (κ3) is 2.42. The van der Waals surface area contributed by atoms with E-state index in [0.29, 0.717) is 23.3 Å². The molecule has 2 N–H and O–H groups in total. The minimum absolute atomic E-state index is 0.105. The van der Waals surface area contributed by atoms with Gasteiger partial charge in [0.1, 0.15) is 0 Å². The molecule has 0 amide bonds. The first-order valence-corrected chi connectivity index (χ1v) is 9.16. The first kappa shape index (κ1) is 14.0. The van der Waals surface area contributed by atoms with Crippen LogP contribution < -0.4 is 5.32 Å². The number of fused-ring (bicyclic) bond motifs is 2. The van der Waals surface area contributed by atoms with Crippen molar-refractivity contribution < 1.29 is 9.90 Å². The number of rotatable bonds is 3. The van der Waals surface area contributed by atoms with E-state index in [1.807, 2.05) is 0 Å². The summed E-state index contributed by atoms with van der Waals surface area (Å²) < 4.78 is 0. The largest absolute Gasteiger partial charge is 0.481 e. The summed E-state index contributed by atoms with van der Waals surface area (Å²) in [6, 6.07) is 0.853. The number of carboxylic acid groups (broad SMARTS) is 1. The van der Waals surface area contributed by atoms with Gasteiger partial charge in [-0.15, -0.1) is 0 Å². The van der Waals surface area contributed by atoms with Gasteiger partial charge in [-0.25, -0.2) is 0 Å². The molecule has 3 nitrogen and oxygen atoms in total. The van der Waals surface area contributed by atoms with Gasteiger partial charge < -0.3 is 10.4 Å². The topological polar surface area (TPSA) is 49.3 Å². The van der Waals surface area contributed by atoms with Crippen LogP contribution in [0.4, 0.5) is 0 Å². The van der Waals surface area contributed by atoms with Gasteiger partial charge in [0.2, 0.25) is 0 Å². The molecule has 4 saturated carbocycles. The Morgan fingerprint density at radius 1 is 0.952 bits per heavy atom. The van der Waals surface area contributed by atoms with Crippen molar-refractivity contribution >= 4 is 5.97 Å². The standard InChI is InChI=1S/C18H29NO2/c20-17(21)15-12-3-4-13(11-12)16(15)19-14-5-9-18(10-6-14)7-1-2-8-18/h12-16,19H,1-11H2,(H,20,21). The van der Waals surface area contributed by atoms with Crippen LogP contribution in [0, 0.1) is 23.2 Å². The molecule has 0 aliphatic heterocycles. The number of hydrogen-bond donors (Lipinski definition) is 2. The molecule has 0 radical (unpaired) electrons. The van der Waals surface area contributed by atoms with E-state index in [-0.39, 0.29) is 12.0 Å². The molecule has 0 heterocycles. The summed E-state index contributed by atoms with van der Waals surface area (Å²) in [5.41, 5.74) is 0.680. The van der Waals surface area contributed by atoms with Crippen LogP contribution in [-0.2, 0) is 4.79 Å². The van der Waals surface area contributed by atoms with E-state index < -0.39 is 5.97 Å². The van der Waals surface area contributed by atoms with Crippen molar-refractivity contribution in [2.45, 2.75) is 82.7 Å². The van der Waals surface area contributed by atoms with Gasteiger partial charge in [-0.3, -0.25) is 4.79 Å². The first-order valence-electron chi connectivity index (χ1n) is 9.16. The Bertz CT molecular complexity index is 405. The van der Waals surface area contributed by atoms with Crippen molar-refractivity contribution in [3.05, 3.63) is 0 Å². The lowest BCUT2D eigenvalue weighted by molar-refractivity contribution is -0.144. The monoisotopic (exact) mass is 291 g/mol. The zero-order valence-corrected chi connectivity index (χ0v) is 13.0. The third-order valence-electron chi connectivity index (χ3n) is 7.34. The van der Waals surface area contributed by atoms with Crippen LogP contribution in [-0.4, -0.2) is 23.2 Å². The van der Waals surface area contributed by atoms with Crippen molar-refractivity contribution in [2.75, 3.05) is 0 Å². The van der Waals surface area contributed by atoms with E-state index in [2.05, 4.69) is 5.32 Å². The fraction of sp³-hybridized carbons (Fsp3) is 0.944. The SMILES string of the molecule is O=C(O)C1C2CCC(C2)C1NC1CCC2(CCCC2)CC1. The summed E-state index contributed by atoms with van der Waals surface area (Å²) in [4.78, 5) is 11.6. The van der Waals surface area contributed by atoms with Crippen LogP contribution in [0.5, 0.6) is 0 Å². The molecule has 4 unspecified atom stereocenters. The second-order valence-electron chi connectivity index (χ2n) is 8.37. The molecule has 118 valence electrons. The lowest BCUT2D eigenvalue weighted by atomic mass is 9.71. The molecule has 1 spiro atoms. The predicted molar refractivity (Wildman–Crippen MR) is 82.0 cm³/mol. The van der Waals surface area contributed by atoms with Crippen LogP contribution in [0.25, 0.3) is 0 Å². The molecule has 0 aromatic rings. The second-order valence-corrected chi connectivity index (χ2v) is 8.37. The molecular weight excluding hydrogens is 262 g/mol. The van der Waals surface area contributed by atoms with Gasteiger partial charge >= 0.3 is 5.97 Å². The van der Waals surface area contributed by atoms with Crippen molar-refractivity contribution in [1.29, 1.82) is 0 Å². The van der Waals surface area contributed by atoms with E-state index in [1.165, 1.54) is 57.8 Å². The van der Waals surface area contributed by atoms with Gasteiger partial charge in [0.15, 0.2) is 0 Å². The molecule has 4 aliphatic rings. The number of hydrogen-bond acceptors (Lipinski definition) is 2. The summed E-state index contributed by atoms with van der Waals surface area (Å²) in [6.07, 6.45) is 14.6. The third-order valence-corrected chi connectivity index (χ3v) is 7.34. The van der Waals surface area contributed by atoms with Gasteiger partial charge in [0, 0.05) is 12.1 Å². The van der Waals surface area contributed by atoms with E-state index in [4.69, 9.17) is 0 Å². The molecule has 4 fully saturated rings. The van der Waals surface area contributed by atoms with Crippen LogP contribution in [0.1, 0.15) is 70.6 Å². The number of carboxylic acids is 1. The summed E-state index contributed by atoms with van der Waals surface area (Å²) in [7, 11) is 0. The highest BCUT2D eigenvalue weighted by atomic mass is 16.4. The quantitative estimate of drug-likeness (QED) is 0.835. The maximum Gasteiger partial charge on any atom is 0.308 e. The van der Waals surface area contributed by atoms with Crippen molar-refractivity contribution in [3.8, 4) is 0 Å². The average molecular weight is 291 g/mol. The normalized spacial score (nSPS) is 41.9. The lowest BCUT2D eigenvalue weighted by Gasteiger charge is -2.40. The predicted octanol–water partition coefficient (Wildman–Crippen LogP) is 3.58. The molecule has 2 bridgehead atoms. The minimum atomic E-state index is -0.553. The van der Waals surface area contributed by atoms with Crippen molar-refractivity contribution in [2.24, 2.45) is 23.2 Å². The maximum absolute atomic E-state index is 11.6. The Kier molecular flexibility index (Phi) is 3.52. The minimum Gasteiger partial charge on any atom is -0.481 e. The number of carbonyl (C=O) groups is 1. The highest BCUT2D eigenvalue weighted by molar-refractivity contribution is 5.72. The van der Waals surface area contributed by atoms with Gasteiger partial charge in [-0.05, 0) is 75.0 Å². The summed E-state index contributed by atoms with van der Waals surface area (Å²) >= 11 is 0. The van der Waals surface area contributed by atoms with Gasteiger partial charge in [-0.1, -0.05) is 12.8 Å². The molecular formula is C18H29NO2. The van der Waals surface area contributed by atoms with Crippen LogP contribution in [0.2, 0.25) is 0 Å². The van der Waals surface area contributed by atoms with Crippen LogP contribution in [0.3, 0.4) is 0 Å². The van der Waals surface area contributed by atoms with Crippen molar-refractivity contribution in [1.82, 2.24) is 5.32 Å². The molecule has 3 heteroatoms. The average Bonchev–Trinajstić information content (AvgIpc) is 3.17. The summed E-state index contributed by atoms with van der Waals surface area (Å²) in [5.74, 6) is 0.433. The van der Waals surface area contributed by atoms with E-state index in [9.17, 15) is 9.90 Å². The molecule has 4 aliphatic carbocycles. The highest BCUT2D eigenvalue weighted by Gasteiger charge is 2.51. The Morgan fingerprint density at radius 2 is 1.62 bits per heavy atom. The summed E-state index contributed by atoms with van der Waals surface area (Å²) in [5, 5.41) is 13.4. The van der Waals surface area contributed by atoms with Gasteiger partial charge in [0.05, 0.1) is 5.92 Å². The van der Waals surface area contributed by atoms with Gasteiger partial charge in [0.25, 0.3) is 0 Å². The van der Waals surface area contributed by atoms with E-state index in [1.54, 1.807) is 0 Å². The van der Waals surface area contributed by atoms with Crippen LogP contribution in [0.15, 0.2) is 0 Å². The zero-order chi connectivity index (χ0) is 14.4. The highest BCUT2D eigenvalue weighted by Crippen LogP contribution is 2.51. The lowest BCUT2D eigenvalue weighted by Crippen LogP contribution is -2.50. The van der Waals surface area contributed by atoms with Gasteiger partial charge in [-0.2, -0.15) is 0 Å². The fourth-order valence-electron chi connectivity index (χ4n) is 6.18. The van der Waals surface area contributed by atoms with E-state index in [0.717, 1.165) is 12.8 Å². The Morgan fingerprint density at radius 3 is 2.29 bits per heavy atom. The molecule has 21 heavy (non-hydrogen) atoms. The first-order chi connectivity index (χ1) is 10.2. The Labute approximate surface area is 127 Å². The van der Waals surface area contributed by atoms with Crippen molar-refractivity contribution in [3.63, 3.8) is 0 Å². The fourth-order valence-corrected chi connectivity index (χ4v) is 6.18. The second kappa shape index (κ2) is 5.26. The summed E-state index contributed by atoms with van der Waals surface area (Å²) in [6.45, 7) is 0. The van der Waals surface area contributed by atoms with Crippen LogP contribution >= 0.6 is 0 Å². The Balaban J connectivity index is 1.37. The number of nitrogens with one attached hydrogen (secondary N) is 1.